The number of benzene rings is 1. The van der Waals surface area contributed by atoms with Crippen LogP contribution >= 0.6 is 11.6 Å². The van der Waals surface area contributed by atoms with E-state index in [1.165, 1.54) is 19.1 Å². The molecular weight excluding hydrogens is 279 g/mol. The fourth-order valence-corrected chi connectivity index (χ4v) is 1.90. The van der Waals surface area contributed by atoms with Crippen molar-refractivity contribution in [3.05, 3.63) is 34.9 Å². The highest BCUT2D eigenvalue weighted by atomic mass is 35.5. The summed E-state index contributed by atoms with van der Waals surface area (Å²) in [6, 6.07) is 5.29. The van der Waals surface area contributed by atoms with Crippen LogP contribution in [0.1, 0.15) is 24.2 Å². The Kier molecular flexibility index (Phi) is 5.38. The summed E-state index contributed by atoms with van der Waals surface area (Å²) < 4.78 is 37.2. The molecule has 1 aromatic rings. The molecule has 2 nitrogen and oxygen atoms in total. The van der Waals surface area contributed by atoms with E-state index in [-0.39, 0.29) is 12.3 Å². The second-order valence-electron chi connectivity index (χ2n) is 4.23. The fraction of sp³-hybridized carbons (Fsp3) is 0.462. The maximum absolute atomic E-state index is 12.4. The highest BCUT2D eigenvalue weighted by molar-refractivity contribution is 6.30. The Morgan fingerprint density at radius 1 is 1.32 bits per heavy atom. The van der Waals surface area contributed by atoms with Crippen molar-refractivity contribution in [3.63, 3.8) is 0 Å². The second-order valence-corrected chi connectivity index (χ2v) is 4.66. The van der Waals surface area contributed by atoms with Crippen LogP contribution in [0.25, 0.3) is 0 Å². The van der Waals surface area contributed by atoms with E-state index in [1.807, 2.05) is 0 Å². The Hall–Kier alpha value is -1.07. The van der Waals surface area contributed by atoms with Crippen LogP contribution in [0.5, 0.6) is 0 Å². The van der Waals surface area contributed by atoms with Crippen LogP contribution in [0.15, 0.2) is 24.3 Å². The molecule has 0 bridgehead atoms. The average molecular weight is 294 g/mol. The molecule has 0 aliphatic carbocycles. The van der Waals surface area contributed by atoms with E-state index in [0.717, 1.165) is 4.90 Å². The number of carbonyl (C=O) groups is 1. The Labute approximate surface area is 115 Å². The second kappa shape index (κ2) is 6.39. The number of alkyl halides is 3. The van der Waals surface area contributed by atoms with Crippen LogP contribution in [-0.4, -0.2) is 36.0 Å². The zero-order valence-electron chi connectivity index (χ0n) is 10.7. The zero-order chi connectivity index (χ0) is 14.6. The maximum Gasteiger partial charge on any atom is 0.401 e. The first-order chi connectivity index (χ1) is 8.74. The third-order valence-electron chi connectivity index (χ3n) is 2.84. The lowest BCUT2D eigenvalue weighted by Gasteiger charge is -2.27. The molecule has 0 aliphatic rings. The molecule has 0 aliphatic heterocycles. The summed E-state index contributed by atoms with van der Waals surface area (Å²) in [5.74, 6) is -0.345. The predicted molar refractivity (Wildman–Crippen MR) is 68.5 cm³/mol. The number of likely N-dealkylation sites (N-methyl/N-ethyl adjacent to an activating group) is 1. The molecule has 1 unspecified atom stereocenters. The first kappa shape index (κ1) is 16.0. The third kappa shape index (κ3) is 4.84. The number of nitrogens with zero attached hydrogens (tertiary/aromatic N) is 1. The highest BCUT2D eigenvalue weighted by Gasteiger charge is 2.34. The molecule has 6 heteroatoms. The molecule has 0 heterocycles. The van der Waals surface area contributed by atoms with Gasteiger partial charge in [0.05, 0.1) is 12.6 Å². The number of ketones is 1. The molecule has 0 spiro atoms. The topological polar surface area (TPSA) is 20.3 Å². The van der Waals surface area contributed by atoms with Gasteiger partial charge < -0.3 is 0 Å². The predicted octanol–water partition coefficient (Wildman–Crippen LogP) is 3.80. The molecule has 0 radical (unpaired) electrons. The summed E-state index contributed by atoms with van der Waals surface area (Å²) in [6.07, 6.45) is -4.31. The highest BCUT2D eigenvalue weighted by Crippen LogP contribution is 2.20. The molecule has 1 aromatic carbocycles. The molecular formula is C13H15ClF3NO. The molecule has 0 fully saturated rings. The van der Waals surface area contributed by atoms with E-state index in [2.05, 4.69) is 0 Å². The number of rotatable bonds is 5. The van der Waals surface area contributed by atoms with E-state index < -0.39 is 18.8 Å². The van der Waals surface area contributed by atoms with Gasteiger partial charge >= 0.3 is 6.18 Å². The van der Waals surface area contributed by atoms with Gasteiger partial charge in [-0.25, -0.2) is 0 Å². The fourth-order valence-electron chi connectivity index (χ4n) is 1.77. The van der Waals surface area contributed by atoms with Crippen molar-refractivity contribution in [2.75, 3.05) is 13.1 Å². The molecule has 0 saturated carbocycles. The van der Waals surface area contributed by atoms with Gasteiger partial charge in [-0.05, 0) is 37.7 Å². The van der Waals surface area contributed by atoms with E-state index in [0.29, 0.717) is 10.6 Å². The van der Waals surface area contributed by atoms with Gasteiger partial charge in [0, 0.05) is 10.6 Å². The average Bonchev–Trinajstić information content (AvgIpc) is 2.34. The van der Waals surface area contributed by atoms with Gasteiger partial charge in [-0.3, -0.25) is 9.69 Å². The molecule has 106 valence electrons. The van der Waals surface area contributed by atoms with Crippen molar-refractivity contribution in [2.45, 2.75) is 26.1 Å². The molecule has 0 aromatic heterocycles. The zero-order valence-corrected chi connectivity index (χ0v) is 11.4. The number of halogens is 4. The van der Waals surface area contributed by atoms with Crippen molar-refractivity contribution in [1.29, 1.82) is 0 Å². The van der Waals surface area contributed by atoms with E-state index >= 15 is 0 Å². The number of hydrogen-bond acceptors (Lipinski definition) is 2. The molecule has 0 saturated heterocycles. The third-order valence-corrected chi connectivity index (χ3v) is 3.10. The van der Waals surface area contributed by atoms with Crippen LogP contribution in [0.4, 0.5) is 13.2 Å². The molecule has 0 N–H and O–H groups in total. The molecule has 19 heavy (non-hydrogen) atoms. The van der Waals surface area contributed by atoms with Gasteiger partial charge in [0.15, 0.2) is 5.78 Å². The Morgan fingerprint density at radius 3 is 2.26 bits per heavy atom. The minimum absolute atomic E-state index is 0.153. The Bertz CT molecular complexity index is 431. The monoisotopic (exact) mass is 293 g/mol. The van der Waals surface area contributed by atoms with Gasteiger partial charge in [0.25, 0.3) is 0 Å². The quantitative estimate of drug-likeness (QED) is 0.770. The molecule has 0 amide bonds. The van der Waals surface area contributed by atoms with Crippen molar-refractivity contribution in [1.82, 2.24) is 4.90 Å². The molecule has 1 atom stereocenters. The van der Waals surface area contributed by atoms with Crippen LogP contribution in [-0.2, 0) is 0 Å². The molecule has 1 rings (SSSR count). The van der Waals surface area contributed by atoms with Crippen LogP contribution in [0, 0.1) is 0 Å². The first-order valence-corrected chi connectivity index (χ1v) is 6.23. The lowest BCUT2D eigenvalue weighted by Crippen LogP contribution is -2.44. The van der Waals surface area contributed by atoms with Crippen molar-refractivity contribution in [2.24, 2.45) is 0 Å². The largest absolute Gasteiger partial charge is 0.401 e. The van der Waals surface area contributed by atoms with Crippen molar-refractivity contribution >= 4 is 17.4 Å². The maximum atomic E-state index is 12.4. The van der Waals surface area contributed by atoms with Crippen LogP contribution < -0.4 is 0 Å². The normalized spacial score (nSPS) is 13.6. The van der Waals surface area contributed by atoms with Gasteiger partial charge in [-0.15, -0.1) is 0 Å². The summed E-state index contributed by atoms with van der Waals surface area (Å²) in [5.41, 5.74) is 0.359. The van der Waals surface area contributed by atoms with E-state index in [1.54, 1.807) is 19.1 Å². The van der Waals surface area contributed by atoms with Gasteiger partial charge in [-0.1, -0.05) is 18.5 Å². The Morgan fingerprint density at radius 2 is 1.84 bits per heavy atom. The lowest BCUT2D eigenvalue weighted by molar-refractivity contribution is -0.147. The van der Waals surface area contributed by atoms with Gasteiger partial charge in [0.2, 0.25) is 0 Å². The summed E-state index contributed by atoms with van der Waals surface area (Å²) in [5, 5.41) is 0.479. The van der Waals surface area contributed by atoms with Crippen molar-refractivity contribution < 1.29 is 18.0 Å². The van der Waals surface area contributed by atoms with Gasteiger partial charge in [0.1, 0.15) is 0 Å². The van der Waals surface area contributed by atoms with Crippen LogP contribution in [0.2, 0.25) is 5.02 Å². The summed E-state index contributed by atoms with van der Waals surface area (Å²) >= 11 is 5.70. The summed E-state index contributed by atoms with van der Waals surface area (Å²) in [6.45, 7) is 2.13. The smallest absolute Gasteiger partial charge is 0.292 e. The standard InChI is InChI=1S/C13H15ClF3NO/c1-3-18(8-13(15,16)17)9(2)12(19)10-4-6-11(14)7-5-10/h4-7,9H,3,8H2,1-2H3. The van der Waals surface area contributed by atoms with Crippen molar-refractivity contribution in [3.8, 4) is 0 Å². The number of carbonyl (C=O) groups excluding carboxylic acids is 1. The Balaban J connectivity index is 2.82. The minimum atomic E-state index is -4.31. The minimum Gasteiger partial charge on any atom is -0.292 e. The summed E-state index contributed by atoms with van der Waals surface area (Å²) in [7, 11) is 0. The first-order valence-electron chi connectivity index (χ1n) is 5.85. The van der Waals surface area contributed by atoms with E-state index in [4.69, 9.17) is 11.6 Å². The SMILES string of the molecule is CCN(CC(F)(F)F)C(C)C(=O)c1ccc(Cl)cc1. The number of hydrogen-bond donors (Lipinski definition) is 0. The lowest BCUT2D eigenvalue weighted by atomic mass is 10.0. The van der Waals surface area contributed by atoms with Gasteiger partial charge in [-0.2, -0.15) is 13.2 Å². The number of Topliss-reactive ketones (excluding diaryl/α,β-unsaturated/α-hetero) is 1. The van der Waals surface area contributed by atoms with Crippen LogP contribution in [0.3, 0.4) is 0 Å². The van der Waals surface area contributed by atoms with E-state index in [9.17, 15) is 18.0 Å². The summed E-state index contributed by atoms with van der Waals surface area (Å²) in [4.78, 5) is 13.2.